The second-order valence-electron chi connectivity index (χ2n) is 7.28. The minimum atomic E-state index is -0.378. The lowest BCUT2D eigenvalue weighted by molar-refractivity contribution is -0.384. The Hall–Kier alpha value is -3.16. The normalized spacial score (nSPS) is 16.8. The molecule has 0 bridgehead atoms. The van der Waals surface area contributed by atoms with Crippen molar-refractivity contribution in [2.45, 2.75) is 26.2 Å². The first-order chi connectivity index (χ1) is 13.5. The highest BCUT2D eigenvalue weighted by Crippen LogP contribution is 2.30. The van der Waals surface area contributed by atoms with E-state index in [-0.39, 0.29) is 22.3 Å². The van der Waals surface area contributed by atoms with Crippen LogP contribution < -0.4 is 4.90 Å². The Morgan fingerprint density at radius 2 is 1.86 bits per heavy atom. The number of benzene rings is 1. The van der Waals surface area contributed by atoms with Crippen LogP contribution in [0.15, 0.2) is 24.3 Å². The average molecular weight is 382 g/mol. The summed E-state index contributed by atoms with van der Waals surface area (Å²) in [5.74, 6) is -0.00262. The summed E-state index contributed by atoms with van der Waals surface area (Å²) >= 11 is 0. The Balaban J connectivity index is 1.50. The van der Waals surface area contributed by atoms with E-state index < -0.39 is 0 Å². The predicted molar refractivity (Wildman–Crippen MR) is 104 cm³/mol. The third-order valence-corrected chi connectivity index (χ3v) is 5.64. The number of anilines is 1. The number of nitrogens with zero attached hydrogens (tertiary/aromatic N) is 3. The third-order valence-electron chi connectivity index (χ3n) is 5.64. The number of hydrogen-bond donors (Lipinski definition) is 1. The maximum absolute atomic E-state index is 13.0. The van der Waals surface area contributed by atoms with Crippen molar-refractivity contribution in [1.29, 1.82) is 0 Å². The lowest BCUT2D eigenvalue weighted by Crippen LogP contribution is -2.49. The van der Waals surface area contributed by atoms with Gasteiger partial charge in [0.25, 0.3) is 11.6 Å². The van der Waals surface area contributed by atoms with Gasteiger partial charge in [-0.2, -0.15) is 0 Å². The van der Waals surface area contributed by atoms with Crippen LogP contribution in [0.2, 0.25) is 0 Å². The quantitative estimate of drug-likeness (QED) is 0.650. The molecule has 0 radical (unpaired) electrons. The minimum absolute atomic E-state index is 0.0775. The number of piperazine rings is 1. The molecular weight excluding hydrogens is 360 g/mol. The average Bonchev–Trinajstić information content (AvgIpc) is 3.05. The number of para-hydroxylation sites is 2. The number of amides is 1. The van der Waals surface area contributed by atoms with Crippen molar-refractivity contribution in [1.82, 2.24) is 9.88 Å². The summed E-state index contributed by atoms with van der Waals surface area (Å²) in [5.41, 5.74) is 3.46. The number of rotatable bonds is 3. The first kappa shape index (κ1) is 18.2. The molecule has 8 heteroatoms. The minimum Gasteiger partial charge on any atom is -0.362 e. The van der Waals surface area contributed by atoms with Gasteiger partial charge in [-0.05, 0) is 31.4 Å². The van der Waals surface area contributed by atoms with Gasteiger partial charge in [-0.25, -0.2) is 0 Å². The highest BCUT2D eigenvalue weighted by Gasteiger charge is 2.30. The number of carbonyl (C=O) groups is 2. The van der Waals surface area contributed by atoms with E-state index in [1.165, 1.54) is 6.07 Å². The van der Waals surface area contributed by atoms with Crippen molar-refractivity contribution in [3.8, 4) is 0 Å². The monoisotopic (exact) mass is 382 g/mol. The number of aromatic nitrogens is 1. The van der Waals surface area contributed by atoms with Crippen molar-refractivity contribution in [2.24, 2.45) is 0 Å². The number of H-pyrrole nitrogens is 1. The van der Waals surface area contributed by atoms with Crippen LogP contribution in [0.1, 0.15) is 44.9 Å². The molecule has 0 atom stereocenters. The number of nitrogens with one attached hydrogen (secondary N) is 1. The molecule has 1 fully saturated rings. The van der Waals surface area contributed by atoms with E-state index in [1.807, 2.05) is 11.8 Å². The van der Waals surface area contributed by atoms with Crippen molar-refractivity contribution in [3.63, 3.8) is 0 Å². The number of ketones is 1. The largest absolute Gasteiger partial charge is 0.362 e. The molecule has 8 nitrogen and oxygen atoms in total. The van der Waals surface area contributed by atoms with Gasteiger partial charge in [-0.3, -0.25) is 19.7 Å². The number of nitro groups is 1. The maximum Gasteiger partial charge on any atom is 0.292 e. The van der Waals surface area contributed by atoms with Crippen molar-refractivity contribution >= 4 is 23.1 Å². The smallest absolute Gasteiger partial charge is 0.292 e. The first-order valence-electron chi connectivity index (χ1n) is 9.49. The molecule has 1 aliphatic heterocycles. The summed E-state index contributed by atoms with van der Waals surface area (Å²) in [7, 11) is 0. The van der Waals surface area contributed by atoms with Crippen LogP contribution in [0.25, 0.3) is 0 Å². The Morgan fingerprint density at radius 3 is 2.54 bits per heavy atom. The Labute approximate surface area is 162 Å². The van der Waals surface area contributed by atoms with Gasteiger partial charge in [-0.1, -0.05) is 12.1 Å². The maximum atomic E-state index is 13.0. The third kappa shape index (κ3) is 3.04. The van der Waals surface area contributed by atoms with Gasteiger partial charge in [0.15, 0.2) is 5.78 Å². The summed E-state index contributed by atoms with van der Waals surface area (Å²) in [6, 6.07) is 6.67. The molecule has 1 amide bonds. The highest BCUT2D eigenvalue weighted by atomic mass is 16.6. The van der Waals surface area contributed by atoms with Crippen LogP contribution in [-0.4, -0.2) is 52.7 Å². The fourth-order valence-corrected chi connectivity index (χ4v) is 4.18. The molecule has 2 aromatic rings. The van der Waals surface area contributed by atoms with Gasteiger partial charge in [0.1, 0.15) is 11.4 Å². The SMILES string of the molecule is Cc1c(C(=O)N2CCN(c3ccccc3[N+](=O)[O-])CC2)[nH]c2c1C(=O)CCC2. The van der Waals surface area contributed by atoms with Gasteiger partial charge < -0.3 is 14.8 Å². The molecule has 0 unspecified atom stereocenters. The van der Waals surface area contributed by atoms with Crippen LogP contribution in [0.4, 0.5) is 11.4 Å². The van der Waals surface area contributed by atoms with Gasteiger partial charge in [0.2, 0.25) is 0 Å². The fraction of sp³-hybridized carbons (Fsp3) is 0.400. The van der Waals surface area contributed by atoms with Crippen LogP contribution in [0.3, 0.4) is 0 Å². The Kier molecular flexibility index (Phi) is 4.62. The van der Waals surface area contributed by atoms with Crippen LogP contribution in [0, 0.1) is 17.0 Å². The molecule has 2 heterocycles. The van der Waals surface area contributed by atoms with E-state index in [1.54, 1.807) is 23.1 Å². The molecule has 28 heavy (non-hydrogen) atoms. The van der Waals surface area contributed by atoms with E-state index in [0.717, 1.165) is 24.1 Å². The van der Waals surface area contributed by atoms with E-state index in [2.05, 4.69) is 4.98 Å². The summed E-state index contributed by atoms with van der Waals surface area (Å²) in [5, 5.41) is 11.3. The number of aromatic amines is 1. The van der Waals surface area contributed by atoms with Gasteiger partial charge in [0, 0.05) is 49.9 Å². The molecule has 1 aliphatic carbocycles. The van der Waals surface area contributed by atoms with Crippen LogP contribution in [-0.2, 0) is 6.42 Å². The molecule has 4 rings (SSSR count). The van der Waals surface area contributed by atoms with Crippen LogP contribution in [0.5, 0.6) is 0 Å². The fourth-order valence-electron chi connectivity index (χ4n) is 4.18. The second kappa shape index (κ2) is 7.10. The Bertz CT molecular complexity index is 957. The summed E-state index contributed by atoms with van der Waals surface area (Å²) < 4.78 is 0. The molecule has 0 saturated carbocycles. The molecule has 1 aromatic carbocycles. The zero-order chi connectivity index (χ0) is 19.8. The molecule has 0 spiro atoms. The lowest BCUT2D eigenvalue weighted by atomic mass is 9.93. The number of hydrogen-bond acceptors (Lipinski definition) is 5. The Morgan fingerprint density at radius 1 is 1.14 bits per heavy atom. The van der Waals surface area contributed by atoms with Gasteiger partial charge in [0.05, 0.1) is 4.92 Å². The van der Waals surface area contributed by atoms with E-state index in [0.29, 0.717) is 49.5 Å². The van der Waals surface area contributed by atoms with E-state index in [4.69, 9.17) is 0 Å². The van der Waals surface area contributed by atoms with Crippen molar-refractivity contribution in [2.75, 3.05) is 31.1 Å². The predicted octanol–water partition coefficient (Wildman–Crippen LogP) is 2.71. The van der Waals surface area contributed by atoms with Crippen molar-refractivity contribution < 1.29 is 14.5 Å². The summed E-state index contributed by atoms with van der Waals surface area (Å²) in [6.07, 6.45) is 2.14. The molecule has 1 saturated heterocycles. The van der Waals surface area contributed by atoms with Crippen molar-refractivity contribution in [3.05, 3.63) is 56.9 Å². The standard InChI is InChI=1S/C20H22N4O4/c1-13-18-14(5-4-8-17(18)25)21-19(13)20(26)23-11-9-22(10-12-23)15-6-2-3-7-16(15)24(27)28/h2-3,6-7,21H,4-5,8-12H2,1H3. The van der Waals surface area contributed by atoms with E-state index >= 15 is 0 Å². The molecule has 1 aromatic heterocycles. The summed E-state index contributed by atoms with van der Waals surface area (Å²) in [6.45, 7) is 3.82. The zero-order valence-electron chi connectivity index (χ0n) is 15.7. The molecule has 146 valence electrons. The van der Waals surface area contributed by atoms with E-state index in [9.17, 15) is 19.7 Å². The molecule has 1 N–H and O–H groups in total. The number of carbonyl (C=O) groups excluding carboxylic acids is 2. The topological polar surface area (TPSA) is 99.5 Å². The van der Waals surface area contributed by atoms with Crippen LogP contribution >= 0.6 is 0 Å². The molecular formula is C20H22N4O4. The van der Waals surface area contributed by atoms with Gasteiger partial charge in [-0.15, -0.1) is 0 Å². The second-order valence-corrected chi connectivity index (χ2v) is 7.28. The number of nitro benzene ring substituents is 1. The number of fused-ring (bicyclic) bond motifs is 1. The highest BCUT2D eigenvalue weighted by molar-refractivity contribution is 6.04. The number of Topliss-reactive ketones (excluding diaryl/α,β-unsaturated/α-hetero) is 1. The van der Waals surface area contributed by atoms with Gasteiger partial charge >= 0.3 is 0 Å². The summed E-state index contributed by atoms with van der Waals surface area (Å²) in [4.78, 5) is 43.0. The zero-order valence-corrected chi connectivity index (χ0v) is 15.7. The molecule has 2 aliphatic rings. The first-order valence-corrected chi connectivity index (χ1v) is 9.49. The number of aryl methyl sites for hydroxylation is 1. The lowest BCUT2D eigenvalue weighted by Gasteiger charge is -2.35.